The lowest BCUT2D eigenvalue weighted by molar-refractivity contribution is -0.161. The number of anilines is 1. The Hall–Kier alpha value is -2.71. The van der Waals surface area contributed by atoms with Gasteiger partial charge in [-0.3, -0.25) is 4.79 Å². The molecule has 7 heteroatoms. The van der Waals surface area contributed by atoms with Crippen molar-refractivity contribution in [2.45, 2.75) is 50.4 Å². The van der Waals surface area contributed by atoms with Crippen LogP contribution in [0.25, 0.3) is 0 Å². The fourth-order valence-corrected chi connectivity index (χ4v) is 6.39. The molecule has 1 aromatic heterocycles. The van der Waals surface area contributed by atoms with Gasteiger partial charge in [0.05, 0.1) is 12.1 Å². The van der Waals surface area contributed by atoms with Crippen molar-refractivity contribution in [3.05, 3.63) is 82.6 Å². The zero-order chi connectivity index (χ0) is 26.4. The van der Waals surface area contributed by atoms with Crippen molar-refractivity contribution in [2.24, 2.45) is 0 Å². The Bertz CT molecular complexity index is 1160. The third-order valence-corrected chi connectivity index (χ3v) is 8.74. The number of carbonyl (C=O) groups is 1. The molecular weight excluding hydrogens is 494 g/mol. The van der Waals surface area contributed by atoms with E-state index in [-0.39, 0.29) is 17.6 Å². The van der Waals surface area contributed by atoms with Crippen LogP contribution in [0.15, 0.2) is 72.1 Å². The van der Waals surface area contributed by atoms with E-state index < -0.39 is 6.10 Å². The van der Waals surface area contributed by atoms with Crippen molar-refractivity contribution in [1.82, 2.24) is 10.2 Å². The molecule has 2 saturated heterocycles. The monoisotopic (exact) mass is 533 g/mol. The Balaban J connectivity index is 1.19. The largest absolute Gasteiger partial charge is 0.485 e. The van der Waals surface area contributed by atoms with Crippen molar-refractivity contribution in [3.63, 3.8) is 0 Å². The summed E-state index contributed by atoms with van der Waals surface area (Å²) in [6.07, 6.45) is 3.36. The van der Waals surface area contributed by atoms with E-state index in [0.29, 0.717) is 6.54 Å². The molecule has 2 fully saturated rings. The number of thiophene rings is 1. The lowest BCUT2D eigenvalue weighted by atomic mass is 9.88. The van der Waals surface area contributed by atoms with Crippen LogP contribution in [0.4, 0.5) is 5.69 Å². The molecule has 2 aliphatic heterocycles. The third-order valence-electron chi connectivity index (χ3n) is 7.78. The van der Waals surface area contributed by atoms with Crippen LogP contribution in [0.1, 0.15) is 42.7 Å². The van der Waals surface area contributed by atoms with Crippen LogP contribution in [0.5, 0.6) is 5.75 Å². The molecule has 1 spiro atoms. The Labute approximate surface area is 230 Å². The molecule has 3 heterocycles. The van der Waals surface area contributed by atoms with Crippen LogP contribution in [0.3, 0.4) is 0 Å². The second kappa shape index (κ2) is 12.4. The first kappa shape index (κ1) is 26.9. The van der Waals surface area contributed by atoms with Gasteiger partial charge in [0.1, 0.15) is 18.0 Å². The van der Waals surface area contributed by atoms with E-state index in [1.165, 1.54) is 10.4 Å². The van der Waals surface area contributed by atoms with Crippen LogP contribution in [-0.2, 0) is 16.0 Å². The normalized spacial score (nSPS) is 20.5. The summed E-state index contributed by atoms with van der Waals surface area (Å²) in [6, 6.07) is 22.7. The van der Waals surface area contributed by atoms with Gasteiger partial charge in [0, 0.05) is 36.6 Å². The van der Waals surface area contributed by atoms with Gasteiger partial charge < -0.3 is 24.6 Å². The van der Waals surface area contributed by atoms with E-state index in [9.17, 15) is 4.79 Å². The first-order valence-corrected chi connectivity index (χ1v) is 14.6. The number of nitrogens with one attached hydrogen (secondary N) is 1. The van der Waals surface area contributed by atoms with Gasteiger partial charge in [-0.1, -0.05) is 42.5 Å². The van der Waals surface area contributed by atoms with E-state index in [0.717, 1.165) is 63.3 Å². The van der Waals surface area contributed by atoms with Gasteiger partial charge in [0.15, 0.2) is 0 Å². The number of rotatable bonds is 10. The Morgan fingerprint density at radius 2 is 1.84 bits per heavy atom. The Morgan fingerprint density at radius 3 is 2.58 bits per heavy atom. The van der Waals surface area contributed by atoms with Gasteiger partial charge in [-0.25, -0.2) is 0 Å². The molecule has 0 aliphatic carbocycles. The first-order chi connectivity index (χ1) is 18.6. The van der Waals surface area contributed by atoms with Gasteiger partial charge >= 0.3 is 0 Å². The highest BCUT2D eigenvalue weighted by atomic mass is 32.1. The maximum Gasteiger partial charge on any atom is 0.255 e. The molecule has 6 nitrogen and oxygen atoms in total. The SMILES string of the molecule is CNCC[C@@H](Oc1ccccc1CCN1CCC2(CC1)CN(c1ccccc1)C(=O)[C@@H](C)O2)c1cccs1. The number of amides is 1. The highest BCUT2D eigenvalue weighted by Gasteiger charge is 2.45. The Kier molecular flexibility index (Phi) is 8.79. The number of hydrogen-bond donors (Lipinski definition) is 1. The molecule has 0 bridgehead atoms. The smallest absolute Gasteiger partial charge is 0.255 e. The van der Waals surface area contributed by atoms with Gasteiger partial charge in [-0.15, -0.1) is 11.3 Å². The maximum absolute atomic E-state index is 12.9. The van der Waals surface area contributed by atoms with E-state index in [2.05, 4.69) is 52.0 Å². The summed E-state index contributed by atoms with van der Waals surface area (Å²) in [5, 5.41) is 5.37. The van der Waals surface area contributed by atoms with Gasteiger partial charge in [0.25, 0.3) is 5.91 Å². The zero-order valence-electron chi connectivity index (χ0n) is 22.5. The highest BCUT2D eigenvalue weighted by Crippen LogP contribution is 2.35. The molecule has 2 aromatic carbocycles. The second-order valence-electron chi connectivity index (χ2n) is 10.4. The molecule has 38 heavy (non-hydrogen) atoms. The molecule has 2 aliphatic rings. The minimum atomic E-state index is -0.418. The van der Waals surface area contributed by atoms with Crippen LogP contribution >= 0.6 is 11.3 Å². The molecule has 5 rings (SSSR count). The van der Waals surface area contributed by atoms with Crippen molar-refractivity contribution in [1.29, 1.82) is 0 Å². The van der Waals surface area contributed by atoms with E-state index in [4.69, 9.17) is 9.47 Å². The number of morpholine rings is 1. The van der Waals surface area contributed by atoms with E-state index >= 15 is 0 Å². The fourth-order valence-electron chi connectivity index (χ4n) is 5.60. The van der Waals surface area contributed by atoms with Crippen molar-refractivity contribution >= 4 is 22.9 Å². The molecule has 2 atom stereocenters. The van der Waals surface area contributed by atoms with Crippen molar-refractivity contribution in [2.75, 3.05) is 44.7 Å². The summed E-state index contributed by atoms with van der Waals surface area (Å²) >= 11 is 1.75. The van der Waals surface area contributed by atoms with Gasteiger partial charge in [-0.05, 0) is 75.0 Å². The number of nitrogens with zero attached hydrogens (tertiary/aromatic N) is 2. The number of likely N-dealkylation sites (tertiary alicyclic amines) is 1. The zero-order valence-corrected chi connectivity index (χ0v) is 23.3. The van der Waals surface area contributed by atoms with E-state index in [1.54, 1.807) is 11.3 Å². The summed E-state index contributed by atoms with van der Waals surface area (Å²) in [5.74, 6) is 1.04. The lowest BCUT2D eigenvalue weighted by Crippen LogP contribution is -2.61. The summed E-state index contributed by atoms with van der Waals surface area (Å²) in [5.41, 5.74) is 1.94. The summed E-state index contributed by atoms with van der Waals surface area (Å²) in [6.45, 7) is 6.34. The first-order valence-electron chi connectivity index (χ1n) is 13.8. The van der Waals surface area contributed by atoms with Crippen molar-refractivity contribution in [3.8, 4) is 5.75 Å². The number of para-hydroxylation sites is 2. The predicted octanol–water partition coefficient (Wildman–Crippen LogP) is 5.31. The molecule has 0 unspecified atom stereocenters. The summed E-state index contributed by atoms with van der Waals surface area (Å²) in [4.78, 5) is 18.6. The minimum absolute atomic E-state index is 0.0523. The van der Waals surface area contributed by atoms with Crippen LogP contribution in [0.2, 0.25) is 0 Å². The quantitative estimate of drug-likeness (QED) is 0.383. The average Bonchev–Trinajstić information content (AvgIpc) is 3.49. The summed E-state index contributed by atoms with van der Waals surface area (Å²) in [7, 11) is 1.98. The number of piperidine rings is 1. The fraction of sp³-hybridized carbons (Fsp3) is 0.452. The number of hydrogen-bond acceptors (Lipinski definition) is 6. The van der Waals surface area contributed by atoms with Crippen LogP contribution in [-0.4, -0.2) is 62.3 Å². The minimum Gasteiger partial charge on any atom is -0.485 e. The molecule has 202 valence electrons. The lowest BCUT2D eigenvalue weighted by Gasteiger charge is -2.49. The second-order valence-corrected chi connectivity index (χ2v) is 11.4. The number of carbonyl (C=O) groups excluding carboxylic acids is 1. The molecular formula is C31H39N3O3S. The number of benzene rings is 2. The topological polar surface area (TPSA) is 54.0 Å². The van der Waals surface area contributed by atoms with Gasteiger partial charge in [0.2, 0.25) is 0 Å². The molecule has 1 amide bonds. The van der Waals surface area contributed by atoms with Gasteiger partial charge in [-0.2, -0.15) is 0 Å². The highest BCUT2D eigenvalue weighted by molar-refractivity contribution is 7.10. The van der Waals surface area contributed by atoms with Crippen molar-refractivity contribution < 1.29 is 14.3 Å². The van der Waals surface area contributed by atoms with E-state index in [1.807, 2.05) is 49.2 Å². The maximum atomic E-state index is 12.9. The standard InChI is InChI=1S/C31H39N3O3S/c1-24-30(35)34(26-10-4-3-5-11-26)23-31(37-24)16-20-33(21-17-31)19-15-25-9-6-7-12-27(25)36-28(14-18-32-2)29-13-8-22-38-29/h3-13,22,24,28,32H,14-21,23H2,1-2H3/t24-,28-/m1/s1. The number of ether oxygens (including phenoxy) is 2. The molecule has 0 saturated carbocycles. The Morgan fingerprint density at radius 1 is 1.08 bits per heavy atom. The predicted molar refractivity (Wildman–Crippen MR) is 154 cm³/mol. The molecule has 0 radical (unpaired) electrons. The van der Waals surface area contributed by atoms with Crippen LogP contribution < -0.4 is 15.0 Å². The van der Waals surface area contributed by atoms with Crippen LogP contribution in [0, 0.1) is 0 Å². The summed E-state index contributed by atoms with van der Waals surface area (Å²) < 4.78 is 13.0. The third kappa shape index (κ3) is 6.29. The average molecular weight is 534 g/mol. The molecule has 1 N–H and O–H groups in total. The molecule has 3 aromatic rings.